The molecule has 2 fully saturated rings. The van der Waals surface area contributed by atoms with Gasteiger partial charge in [-0.05, 0) is 49.1 Å². The molecule has 4 rings (SSSR count). The van der Waals surface area contributed by atoms with Crippen LogP contribution in [0, 0.1) is 12.8 Å². The molecule has 0 atom stereocenters. The molecule has 1 amide bonds. The van der Waals surface area contributed by atoms with Gasteiger partial charge in [-0.2, -0.15) is 13.2 Å². The standard InChI is InChI=1S/C25H30F3N3O3S/c1-19-5-2-3-6-21(19)18-35(33,34)31-11-9-20(10-12-31)24(32)30-15-13-29(14-16-30)23-8-4-7-22(17-23)25(26,27)28/h2-8,17,20H,9-16,18H2,1H3. The zero-order chi connectivity index (χ0) is 25.2. The van der Waals surface area contributed by atoms with Crippen molar-refractivity contribution in [2.24, 2.45) is 5.92 Å². The first-order valence-electron chi connectivity index (χ1n) is 11.8. The summed E-state index contributed by atoms with van der Waals surface area (Å²) in [5.41, 5.74) is 1.53. The van der Waals surface area contributed by atoms with Crippen molar-refractivity contribution >= 4 is 21.6 Å². The third kappa shape index (κ3) is 5.98. The lowest BCUT2D eigenvalue weighted by molar-refractivity contribution is -0.137. The number of carbonyl (C=O) groups is 1. The van der Waals surface area contributed by atoms with Crippen LogP contribution in [0.1, 0.15) is 29.5 Å². The van der Waals surface area contributed by atoms with Gasteiger partial charge in [-0.3, -0.25) is 4.79 Å². The van der Waals surface area contributed by atoms with Gasteiger partial charge >= 0.3 is 6.18 Å². The molecule has 0 aliphatic carbocycles. The number of hydrogen-bond acceptors (Lipinski definition) is 4. The first-order valence-corrected chi connectivity index (χ1v) is 13.4. The summed E-state index contributed by atoms with van der Waals surface area (Å²) in [6.45, 7) is 4.29. The van der Waals surface area contributed by atoms with Gasteiger partial charge in [-0.15, -0.1) is 0 Å². The van der Waals surface area contributed by atoms with Crippen LogP contribution in [-0.4, -0.2) is 62.8 Å². The van der Waals surface area contributed by atoms with Crippen LogP contribution in [0.4, 0.5) is 18.9 Å². The summed E-state index contributed by atoms with van der Waals surface area (Å²) in [4.78, 5) is 16.7. The fourth-order valence-corrected chi connectivity index (χ4v) is 6.43. The van der Waals surface area contributed by atoms with Crippen molar-refractivity contribution in [3.8, 4) is 0 Å². The van der Waals surface area contributed by atoms with E-state index in [4.69, 9.17) is 0 Å². The van der Waals surface area contributed by atoms with Crippen LogP contribution in [0.5, 0.6) is 0 Å². The van der Waals surface area contributed by atoms with E-state index in [1.54, 1.807) is 11.0 Å². The molecular weight excluding hydrogens is 479 g/mol. The molecule has 0 N–H and O–H groups in total. The first-order chi connectivity index (χ1) is 16.5. The molecule has 35 heavy (non-hydrogen) atoms. The zero-order valence-electron chi connectivity index (χ0n) is 19.7. The second kappa shape index (κ2) is 10.2. The maximum absolute atomic E-state index is 13.1. The number of piperazine rings is 1. The number of rotatable bonds is 5. The number of piperidine rings is 1. The number of nitrogens with zero attached hydrogens (tertiary/aromatic N) is 3. The number of anilines is 1. The quantitative estimate of drug-likeness (QED) is 0.614. The van der Waals surface area contributed by atoms with Crippen molar-refractivity contribution in [2.75, 3.05) is 44.2 Å². The smallest absolute Gasteiger partial charge is 0.368 e. The third-order valence-electron chi connectivity index (χ3n) is 6.93. The van der Waals surface area contributed by atoms with Gasteiger partial charge in [0.2, 0.25) is 15.9 Å². The lowest BCUT2D eigenvalue weighted by atomic mass is 9.96. The summed E-state index contributed by atoms with van der Waals surface area (Å²) >= 11 is 0. The van der Waals surface area contributed by atoms with Crippen LogP contribution < -0.4 is 4.90 Å². The topological polar surface area (TPSA) is 60.9 Å². The van der Waals surface area contributed by atoms with E-state index in [-0.39, 0.29) is 17.6 Å². The molecule has 0 unspecified atom stereocenters. The SMILES string of the molecule is Cc1ccccc1CS(=O)(=O)N1CCC(C(=O)N2CCN(c3cccc(C(F)(F)F)c3)CC2)CC1. The zero-order valence-corrected chi connectivity index (χ0v) is 20.5. The van der Waals surface area contributed by atoms with Crippen LogP contribution in [0.25, 0.3) is 0 Å². The lowest BCUT2D eigenvalue weighted by Gasteiger charge is -2.39. The largest absolute Gasteiger partial charge is 0.416 e. The van der Waals surface area contributed by atoms with Crippen LogP contribution in [-0.2, 0) is 26.7 Å². The molecular formula is C25H30F3N3O3S. The Labute approximate surface area is 204 Å². The van der Waals surface area contributed by atoms with Gasteiger partial charge in [-0.25, -0.2) is 12.7 Å². The summed E-state index contributed by atoms with van der Waals surface area (Å²) in [6.07, 6.45) is -3.45. The molecule has 0 aromatic heterocycles. The minimum Gasteiger partial charge on any atom is -0.368 e. The lowest BCUT2D eigenvalue weighted by Crippen LogP contribution is -2.52. The number of halogens is 3. The van der Waals surface area contributed by atoms with Crippen LogP contribution >= 0.6 is 0 Å². The highest BCUT2D eigenvalue weighted by molar-refractivity contribution is 7.88. The fourth-order valence-electron chi connectivity index (χ4n) is 4.76. The summed E-state index contributed by atoms with van der Waals surface area (Å²) in [6, 6.07) is 12.7. The highest BCUT2D eigenvalue weighted by atomic mass is 32.2. The highest BCUT2D eigenvalue weighted by Gasteiger charge is 2.35. The number of alkyl halides is 3. The molecule has 2 aromatic carbocycles. The predicted molar refractivity (Wildman–Crippen MR) is 128 cm³/mol. The number of carbonyl (C=O) groups excluding carboxylic acids is 1. The Hall–Kier alpha value is -2.59. The second-order valence-corrected chi connectivity index (χ2v) is 11.2. The Morgan fingerprint density at radius 3 is 2.23 bits per heavy atom. The van der Waals surface area contributed by atoms with Gasteiger partial charge in [0.1, 0.15) is 0 Å². The Kier molecular flexibility index (Phi) is 7.42. The molecule has 2 aliphatic heterocycles. The molecule has 0 saturated carbocycles. The van der Waals surface area contributed by atoms with Crippen LogP contribution in [0.15, 0.2) is 48.5 Å². The van der Waals surface area contributed by atoms with Crippen molar-refractivity contribution in [2.45, 2.75) is 31.7 Å². The average molecular weight is 510 g/mol. The number of hydrogen-bond donors (Lipinski definition) is 0. The van der Waals surface area contributed by atoms with Gasteiger partial charge < -0.3 is 9.80 Å². The molecule has 2 aromatic rings. The molecule has 2 saturated heterocycles. The fraction of sp³-hybridized carbons (Fsp3) is 0.480. The molecule has 6 nitrogen and oxygen atoms in total. The minimum atomic E-state index is -4.39. The normalized spacial score (nSPS) is 18.6. The predicted octanol–water partition coefficient (Wildman–Crippen LogP) is 3.90. The van der Waals surface area contributed by atoms with Crippen LogP contribution in [0.2, 0.25) is 0 Å². The van der Waals surface area contributed by atoms with Crippen molar-refractivity contribution in [1.29, 1.82) is 0 Å². The maximum Gasteiger partial charge on any atom is 0.416 e. The molecule has 2 aliphatic rings. The monoisotopic (exact) mass is 509 g/mol. The van der Waals surface area contributed by atoms with E-state index in [9.17, 15) is 26.4 Å². The van der Waals surface area contributed by atoms with Crippen molar-refractivity contribution < 1.29 is 26.4 Å². The maximum atomic E-state index is 13.1. The van der Waals surface area contributed by atoms with Crippen molar-refractivity contribution in [3.63, 3.8) is 0 Å². The summed E-state index contributed by atoms with van der Waals surface area (Å²) in [7, 11) is -3.46. The second-order valence-electron chi connectivity index (χ2n) is 9.22. The number of sulfonamides is 1. The van der Waals surface area contributed by atoms with Gasteiger partial charge in [0.05, 0.1) is 11.3 Å². The number of amides is 1. The summed E-state index contributed by atoms with van der Waals surface area (Å²) in [5, 5.41) is 0. The molecule has 0 radical (unpaired) electrons. The van der Waals surface area contributed by atoms with E-state index in [0.29, 0.717) is 57.8 Å². The van der Waals surface area contributed by atoms with E-state index in [0.717, 1.165) is 23.3 Å². The van der Waals surface area contributed by atoms with E-state index < -0.39 is 21.8 Å². The average Bonchev–Trinajstić information content (AvgIpc) is 2.85. The Morgan fingerprint density at radius 1 is 0.943 bits per heavy atom. The molecule has 2 heterocycles. The molecule has 0 spiro atoms. The van der Waals surface area contributed by atoms with E-state index >= 15 is 0 Å². The molecule has 190 valence electrons. The van der Waals surface area contributed by atoms with E-state index in [1.165, 1.54) is 10.4 Å². The van der Waals surface area contributed by atoms with Crippen molar-refractivity contribution in [1.82, 2.24) is 9.21 Å². The third-order valence-corrected chi connectivity index (χ3v) is 8.75. The molecule has 10 heteroatoms. The minimum absolute atomic E-state index is 0.00430. The Morgan fingerprint density at radius 2 is 1.60 bits per heavy atom. The van der Waals surface area contributed by atoms with Gasteiger partial charge in [0.25, 0.3) is 0 Å². The van der Waals surface area contributed by atoms with Crippen LogP contribution in [0.3, 0.4) is 0 Å². The number of benzene rings is 2. The Balaban J connectivity index is 1.29. The van der Waals surface area contributed by atoms with E-state index in [2.05, 4.69) is 0 Å². The summed E-state index contributed by atoms with van der Waals surface area (Å²) in [5.74, 6) is -0.278. The van der Waals surface area contributed by atoms with Crippen molar-refractivity contribution in [3.05, 3.63) is 65.2 Å². The summed E-state index contributed by atoms with van der Waals surface area (Å²) < 4.78 is 66.3. The van der Waals surface area contributed by atoms with Gasteiger partial charge in [0, 0.05) is 50.9 Å². The van der Waals surface area contributed by atoms with E-state index in [1.807, 2.05) is 36.1 Å². The number of aryl methyl sites for hydroxylation is 1. The van der Waals surface area contributed by atoms with Gasteiger partial charge in [-0.1, -0.05) is 30.3 Å². The highest BCUT2D eigenvalue weighted by Crippen LogP contribution is 2.32. The van der Waals surface area contributed by atoms with Gasteiger partial charge in [0.15, 0.2) is 0 Å². The molecule has 0 bridgehead atoms. The first kappa shape index (κ1) is 25.5. The Bertz CT molecular complexity index is 1150.